The summed E-state index contributed by atoms with van der Waals surface area (Å²) >= 11 is 1.25. The van der Waals surface area contributed by atoms with E-state index in [1.54, 1.807) is 48.1 Å². The highest BCUT2D eigenvalue weighted by Crippen LogP contribution is 2.34. The lowest BCUT2D eigenvalue weighted by molar-refractivity contribution is 0.479. The van der Waals surface area contributed by atoms with Gasteiger partial charge in [-0.25, -0.2) is 0 Å². The van der Waals surface area contributed by atoms with Crippen LogP contribution < -0.4 is 10.9 Å². The third-order valence-corrected chi connectivity index (χ3v) is 7.02. The third-order valence-electron chi connectivity index (χ3n) is 4.78. The molecule has 0 fully saturated rings. The number of fused-ring (bicyclic) bond motifs is 2. The van der Waals surface area contributed by atoms with Crippen molar-refractivity contribution >= 4 is 43.1 Å². The number of nitrogens with zero attached hydrogens (tertiary/aromatic N) is 3. The molecule has 3 aromatic heterocycles. The topological polar surface area (TPSA) is 114 Å². The van der Waals surface area contributed by atoms with Gasteiger partial charge in [0.1, 0.15) is 10.5 Å². The van der Waals surface area contributed by atoms with E-state index in [1.165, 1.54) is 22.0 Å². The molecule has 0 aliphatic carbocycles. The Hall–Kier alpha value is -3.50. The second-order valence-corrected chi connectivity index (χ2v) is 9.14. The van der Waals surface area contributed by atoms with Gasteiger partial charge in [0.25, 0.3) is 15.6 Å². The molecule has 1 aromatic carbocycles. The zero-order valence-corrected chi connectivity index (χ0v) is 16.9. The molecule has 4 aromatic rings. The lowest BCUT2D eigenvalue weighted by atomic mass is 10.1. The molecule has 0 saturated heterocycles. The maximum absolute atomic E-state index is 13.4. The molecule has 1 aliphatic heterocycles. The largest absolute Gasteiger partial charge is 0.505 e. The van der Waals surface area contributed by atoms with E-state index in [2.05, 4.69) is 14.7 Å². The van der Waals surface area contributed by atoms with Crippen LogP contribution >= 0.6 is 11.3 Å². The number of aromatic hydroxyl groups is 1. The summed E-state index contributed by atoms with van der Waals surface area (Å²) in [6.07, 6.45) is 3.28. The smallest absolute Gasteiger partial charge is 0.286 e. The van der Waals surface area contributed by atoms with Crippen molar-refractivity contribution in [2.75, 3.05) is 5.32 Å². The Morgan fingerprint density at radius 1 is 1.13 bits per heavy atom. The van der Waals surface area contributed by atoms with Gasteiger partial charge in [-0.1, -0.05) is 18.2 Å². The van der Waals surface area contributed by atoms with Gasteiger partial charge in [-0.3, -0.25) is 9.78 Å². The van der Waals surface area contributed by atoms with Crippen molar-refractivity contribution in [3.05, 3.63) is 81.7 Å². The van der Waals surface area contributed by atoms with Crippen molar-refractivity contribution in [2.24, 2.45) is 4.40 Å². The highest BCUT2D eigenvalue weighted by molar-refractivity contribution is 7.90. The fourth-order valence-electron chi connectivity index (χ4n) is 3.42. The summed E-state index contributed by atoms with van der Waals surface area (Å²) in [6.45, 7) is 0.212. The van der Waals surface area contributed by atoms with Crippen molar-refractivity contribution in [2.45, 2.75) is 11.4 Å². The lowest BCUT2D eigenvalue weighted by Crippen LogP contribution is -2.32. The zero-order valence-electron chi connectivity index (χ0n) is 15.3. The van der Waals surface area contributed by atoms with Gasteiger partial charge in [0, 0.05) is 12.4 Å². The number of nitrogens with one attached hydrogen (secondary N) is 1. The van der Waals surface area contributed by atoms with E-state index in [4.69, 9.17) is 0 Å². The molecule has 0 radical (unpaired) electrons. The van der Waals surface area contributed by atoms with Gasteiger partial charge in [-0.05, 0) is 35.2 Å². The Morgan fingerprint density at radius 3 is 2.77 bits per heavy atom. The van der Waals surface area contributed by atoms with Gasteiger partial charge in [0.2, 0.25) is 0 Å². The number of pyridine rings is 2. The molecular formula is C20H14N4O4S2. The summed E-state index contributed by atoms with van der Waals surface area (Å²) in [6, 6.07) is 11.6. The van der Waals surface area contributed by atoms with Crippen LogP contribution in [0.15, 0.2) is 74.3 Å². The monoisotopic (exact) mass is 438 g/mol. The normalized spacial score (nSPS) is 14.7. The summed E-state index contributed by atoms with van der Waals surface area (Å²) in [7, 11) is -4.02. The molecule has 150 valence electrons. The number of amidine groups is 1. The van der Waals surface area contributed by atoms with Crippen LogP contribution in [0.4, 0.5) is 5.69 Å². The molecule has 30 heavy (non-hydrogen) atoms. The zero-order chi connectivity index (χ0) is 20.9. The molecule has 0 saturated carbocycles. The second-order valence-electron chi connectivity index (χ2n) is 6.65. The van der Waals surface area contributed by atoms with Crippen LogP contribution in [-0.4, -0.2) is 28.9 Å². The van der Waals surface area contributed by atoms with Gasteiger partial charge in [0.05, 0.1) is 22.4 Å². The van der Waals surface area contributed by atoms with E-state index in [-0.39, 0.29) is 28.6 Å². The van der Waals surface area contributed by atoms with Crippen LogP contribution in [0.2, 0.25) is 0 Å². The van der Waals surface area contributed by atoms with Crippen LogP contribution in [0.25, 0.3) is 10.2 Å². The van der Waals surface area contributed by atoms with Crippen molar-refractivity contribution in [3.63, 3.8) is 0 Å². The quantitative estimate of drug-likeness (QED) is 0.508. The summed E-state index contributed by atoms with van der Waals surface area (Å²) < 4.78 is 31.0. The predicted octanol–water partition coefficient (Wildman–Crippen LogP) is 2.77. The Balaban J connectivity index is 1.75. The summed E-state index contributed by atoms with van der Waals surface area (Å²) in [5.74, 6) is -0.500. The minimum Gasteiger partial charge on any atom is -0.505 e. The molecule has 0 spiro atoms. The molecule has 4 heterocycles. The summed E-state index contributed by atoms with van der Waals surface area (Å²) in [5, 5.41) is 15.5. The minimum absolute atomic E-state index is 0.0149. The molecule has 1 aliphatic rings. The predicted molar refractivity (Wildman–Crippen MR) is 115 cm³/mol. The molecule has 8 nitrogen and oxygen atoms in total. The lowest BCUT2D eigenvalue weighted by Gasteiger charge is -2.19. The number of thiophene rings is 1. The van der Waals surface area contributed by atoms with Crippen molar-refractivity contribution < 1.29 is 13.5 Å². The summed E-state index contributed by atoms with van der Waals surface area (Å²) in [4.78, 5) is 17.5. The van der Waals surface area contributed by atoms with E-state index in [9.17, 15) is 18.3 Å². The molecule has 5 rings (SSSR count). The van der Waals surface area contributed by atoms with Gasteiger partial charge in [-0.15, -0.1) is 15.7 Å². The van der Waals surface area contributed by atoms with Crippen LogP contribution in [0.3, 0.4) is 0 Å². The number of rotatable bonds is 3. The first-order chi connectivity index (χ1) is 14.5. The molecule has 0 bridgehead atoms. The highest BCUT2D eigenvalue weighted by atomic mass is 32.2. The highest BCUT2D eigenvalue weighted by Gasteiger charge is 2.29. The van der Waals surface area contributed by atoms with Crippen LogP contribution in [0.1, 0.15) is 11.1 Å². The second kappa shape index (κ2) is 6.78. The number of sulfonamides is 1. The van der Waals surface area contributed by atoms with Crippen LogP contribution in [0, 0.1) is 0 Å². The third kappa shape index (κ3) is 2.88. The average Bonchev–Trinajstić information content (AvgIpc) is 3.22. The van der Waals surface area contributed by atoms with Crippen LogP contribution in [-0.2, 0) is 16.6 Å². The molecule has 10 heteroatoms. The van der Waals surface area contributed by atoms with Gasteiger partial charge in [-0.2, -0.15) is 8.42 Å². The van der Waals surface area contributed by atoms with Crippen molar-refractivity contribution in [1.29, 1.82) is 0 Å². The number of benzene rings is 1. The Bertz CT molecular complexity index is 1490. The van der Waals surface area contributed by atoms with E-state index < -0.39 is 15.6 Å². The van der Waals surface area contributed by atoms with E-state index in [0.717, 1.165) is 5.56 Å². The minimum atomic E-state index is -4.02. The Labute approximate surface area is 174 Å². The van der Waals surface area contributed by atoms with Gasteiger partial charge in [0.15, 0.2) is 11.6 Å². The average molecular weight is 438 g/mol. The first-order valence-electron chi connectivity index (χ1n) is 8.89. The summed E-state index contributed by atoms with van der Waals surface area (Å²) in [5.41, 5.74) is 0.899. The van der Waals surface area contributed by atoms with Gasteiger partial charge < -0.3 is 15.0 Å². The van der Waals surface area contributed by atoms with Crippen molar-refractivity contribution in [3.8, 4) is 5.75 Å². The Kier molecular flexibility index (Phi) is 4.19. The molecule has 0 unspecified atom stereocenters. The first-order valence-corrected chi connectivity index (χ1v) is 11.2. The number of para-hydroxylation sites is 1. The number of hydrogen-bond acceptors (Lipinski definition) is 7. The molecule has 0 atom stereocenters. The maximum atomic E-state index is 13.4. The van der Waals surface area contributed by atoms with E-state index in [0.29, 0.717) is 15.9 Å². The standard InChI is InChI=1S/C20H14N4O4S2/c25-17-16(19-22-13-5-1-2-6-15(13)30(27,28)23-19)20(26)24(14-7-9-29-18(14)17)11-12-4-3-8-21-10-12/h1-10,25H,11H2,(H,22,23). The van der Waals surface area contributed by atoms with Gasteiger partial charge >= 0.3 is 0 Å². The van der Waals surface area contributed by atoms with E-state index in [1.807, 2.05) is 6.07 Å². The number of aromatic nitrogens is 2. The van der Waals surface area contributed by atoms with Crippen LogP contribution in [0.5, 0.6) is 5.75 Å². The first kappa shape index (κ1) is 18.5. The number of anilines is 1. The van der Waals surface area contributed by atoms with E-state index >= 15 is 0 Å². The SMILES string of the molecule is O=c1c(C2=NS(=O)(=O)c3ccccc3N2)c(O)c2sccc2n1Cc1cccnc1. The number of hydrogen-bond donors (Lipinski definition) is 2. The molecule has 0 amide bonds. The maximum Gasteiger partial charge on any atom is 0.286 e. The Morgan fingerprint density at radius 2 is 1.97 bits per heavy atom. The van der Waals surface area contributed by atoms with Crippen molar-refractivity contribution in [1.82, 2.24) is 9.55 Å². The molecular weight excluding hydrogens is 424 g/mol. The molecule has 2 N–H and O–H groups in total. The fraction of sp³-hybridized carbons (Fsp3) is 0.0500. The fourth-order valence-corrected chi connectivity index (χ4v) is 5.39.